The Morgan fingerprint density at radius 1 is 0.600 bits per heavy atom. The molecule has 8 nitrogen and oxygen atoms in total. The summed E-state index contributed by atoms with van der Waals surface area (Å²) in [5.41, 5.74) is 1.78. The van der Waals surface area contributed by atoms with Crippen LogP contribution in [0.15, 0.2) is 45.2 Å². The monoisotopic (exact) mass is 386 g/mol. The molecule has 136 valence electrons. The Balaban J connectivity index is 2.08. The van der Waals surface area contributed by atoms with E-state index in [0.29, 0.717) is 22.2 Å². The van der Waals surface area contributed by atoms with Crippen LogP contribution in [0.4, 0.5) is 0 Å². The Morgan fingerprint density at radius 3 is 1.33 bits per heavy atom. The fourth-order valence-electron chi connectivity index (χ4n) is 3.43. The summed E-state index contributed by atoms with van der Waals surface area (Å²) in [6, 6.07) is 11.1. The van der Waals surface area contributed by atoms with Crippen LogP contribution in [-0.2, 0) is 0 Å². The minimum absolute atomic E-state index is 0.0378. The van der Waals surface area contributed by atoms with Crippen molar-refractivity contribution in [1.29, 1.82) is 0 Å². The first-order valence-electron chi connectivity index (χ1n) is 8.48. The topological polar surface area (TPSA) is 69.5 Å². The van der Waals surface area contributed by atoms with Crippen molar-refractivity contribution in [3.63, 3.8) is 0 Å². The van der Waals surface area contributed by atoms with Crippen LogP contribution >= 0.6 is 0 Å². The van der Waals surface area contributed by atoms with Gasteiger partial charge in [0.1, 0.15) is 37.3 Å². The lowest BCUT2D eigenvalue weighted by Gasteiger charge is -2.04. The van der Waals surface area contributed by atoms with Gasteiger partial charge in [-0.25, -0.2) is 9.97 Å². The predicted octanol–water partition coefficient (Wildman–Crippen LogP) is 4.08. The number of fused-ring (bicyclic) bond motifs is 7. The van der Waals surface area contributed by atoms with Gasteiger partial charge in [0, 0.05) is 10.8 Å². The second kappa shape index (κ2) is 6.17. The molecule has 0 aliphatic carbocycles. The molecule has 30 heavy (non-hydrogen) atoms. The first-order valence-corrected chi connectivity index (χ1v) is 8.48. The summed E-state index contributed by atoms with van der Waals surface area (Å²) in [5.74, 6) is -0.497. The van der Waals surface area contributed by atoms with Crippen LogP contribution in [0.25, 0.3) is 74.8 Å². The number of hydrogen-bond donors (Lipinski definition) is 0. The predicted molar refractivity (Wildman–Crippen MR) is 109 cm³/mol. The van der Waals surface area contributed by atoms with Gasteiger partial charge >= 0.3 is 22.7 Å². The minimum atomic E-state index is -0.248. The van der Waals surface area contributed by atoms with Crippen LogP contribution in [0, 0.1) is 26.3 Å². The molecule has 0 bridgehead atoms. The third-order valence-corrected chi connectivity index (χ3v) is 4.68. The van der Waals surface area contributed by atoms with Gasteiger partial charge in [0.05, 0.1) is 0 Å². The molecule has 5 rings (SSSR count). The Labute approximate surface area is 167 Å². The van der Waals surface area contributed by atoms with Crippen LogP contribution < -0.4 is 11.1 Å². The molecule has 0 radical (unpaired) electrons. The van der Waals surface area contributed by atoms with Crippen LogP contribution in [0.3, 0.4) is 0 Å². The van der Waals surface area contributed by atoms with Crippen LogP contribution in [0.5, 0.6) is 0 Å². The zero-order chi connectivity index (χ0) is 20.8. The highest BCUT2D eigenvalue weighted by molar-refractivity contribution is 6.24. The Bertz CT molecular complexity index is 1680. The molecule has 0 saturated carbocycles. The average Bonchev–Trinajstić information content (AvgIpc) is 3.39. The second-order valence-electron chi connectivity index (χ2n) is 6.22. The van der Waals surface area contributed by atoms with Crippen LogP contribution in [0.2, 0.25) is 0 Å². The number of benzene rings is 3. The van der Waals surface area contributed by atoms with Crippen molar-refractivity contribution >= 4 is 55.4 Å². The van der Waals surface area contributed by atoms with Crippen molar-refractivity contribution in [2.45, 2.75) is 0 Å². The van der Waals surface area contributed by atoms with Crippen molar-refractivity contribution in [2.75, 3.05) is 0 Å². The Hall–Kier alpha value is -5.18. The second-order valence-corrected chi connectivity index (χ2v) is 6.22. The van der Waals surface area contributed by atoms with Gasteiger partial charge in [0.15, 0.2) is 11.2 Å². The van der Waals surface area contributed by atoms with Gasteiger partial charge in [0.2, 0.25) is 0 Å². The van der Waals surface area contributed by atoms with E-state index in [4.69, 9.17) is 35.1 Å². The van der Waals surface area contributed by atoms with Crippen molar-refractivity contribution in [1.82, 2.24) is 9.97 Å². The van der Waals surface area contributed by atoms with Gasteiger partial charge in [0.25, 0.3) is 0 Å². The molecule has 2 aromatic heterocycles. The van der Waals surface area contributed by atoms with E-state index in [2.05, 4.69) is 29.3 Å². The maximum absolute atomic E-state index is 7.15. The van der Waals surface area contributed by atoms with Crippen LogP contribution in [-0.4, -0.2) is 9.97 Å². The normalized spacial score (nSPS) is 10.5. The molecule has 0 fully saturated rings. The minimum Gasteiger partial charge on any atom is -0.441 e. The van der Waals surface area contributed by atoms with Crippen molar-refractivity contribution < 1.29 is 8.83 Å². The molecule has 3 aromatic carbocycles. The molecule has 2 heterocycles. The summed E-state index contributed by atoms with van der Waals surface area (Å²) in [5, 5.41) is 3.18. The standard InChI is InChI=1S/C22H6N6O2/c1-23-19(24-2)21-27-17-13(29-21)9-7-11-5-6-12-8-10-14-18(16(12)15(11)17)28-22(30-14)20(25-3)26-4/h5-10H. The molecule has 0 aliphatic heterocycles. The Kier molecular flexibility index (Phi) is 3.49. The number of oxazole rings is 2. The molecule has 0 saturated heterocycles. The van der Waals surface area contributed by atoms with Gasteiger partial charge < -0.3 is 8.83 Å². The van der Waals surface area contributed by atoms with E-state index in [-0.39, 0.29) is 22.7 Å². The summed E-state index contributed by atoms with van der Waals surface area (Å²) in [6.45, 7) is 28.6. The number of aromatic nitrogens is 2. The van der Waals surface area contributed by atoms with E-state index in [1.165, 1.54) is 0 Å². The number of nitrogens with zero attached hydrogens (tertiary/aromatic N) is 6. The van der Waals surface area contributed by atoms with Crippen molar-refractivity contribution in [3.05, 3.63) is 93.2 Å². The summed E-state index contributed by atoms with van der Waals surface area (Å²) >= 11 is 0. The van der Waals surface area contributed by atoms with Gasteiger partial charge in [-0.15, -0.1) is 19.4 Å². The molecular formula is C22H6N6O2. The maximum atomic E-state index is 7.15. The van der Waals surface area contributed by atoms with Crippen molar-refractivity contribution in [3.8, 4) is 0 Å². The summed E-state index contributed by atoms with van der Waals surface area (Å²) < 4.78 is 11.3. The molecule has 0 amide bonds. The first kappa shape index (κ1) is 17.0. The molecule has 8 heteroatoms. The van der Waals surface area contributed by atoms with E-state index in [9.17, 15) is 0 Å². The summed E-state index contributed by atoms with van der Waals surface area (Å²) in [7, 11) is 0. The molecule has 0 aliphatic rings. The molecule has 5 aromatic rings. The number of rotatable bonds is 0. The van der Waals surface area contributed by atoms with E-state index < -0.39 is 0 Å². The van der Waals surface area contributed by atoms with E-state index in [0.717, 1.165) is 21.5 Å². The Morgan fingerprint density at radius 2 is 0.967 bits per heavy atom. The van der Waals surface area contributed by atoms with Gasteiger partial charge in [-0.1, -0.05) is 24.3 Å². The van der Waals surface area contributed by atoms with Gasteiger partial charge in [-0.3, -0.25) is 0 Å². The largest absolute Gasteiger partial charge is 0.582 e. The highest BCUT2D eigenvalue weighted by Gasteiger charge is 2.19. The lowest BCUT2D eigenvalue weighted by atomic mass is 10.00. The molecule has 0 unspecified atom stereocenters. The average molecular weight is 386 g/mol. The molecule has 0 N–H and O–H groups in total. The number of hydrogen-bond acceptors (Lipinski definition) is 4. The molecule has 0 spiro atoms. The zero-order valence-corrected chi connectivity index (χ0v) is 15.0. The smallest absolute Gasteiger partial charge is 0.441 e. The zero-order valence-electron chi connectivity index (χ0n) is 15.0. The summed E-state index contributed by atoms with van der Waals surface area (Å²) in [6.07, 6.45) is 0. The molecule has 0 atom stereocenters. The summed E-state index contributed by atoms with van der Waals surface area (Å²) in [4.78, 5) is 21.5. The van der Waals surface area contributed by atoms with E-state index >= 15 is 0 Å². The SMILES string of the molecule is [C-]#[N+]C([N+]#[C-])=c1nc2c(ccc3ccc4ccc5oc(=C([N+]#[C-])[N+]#[C-])nc5c4c32)o1. The molecular weight excluding hydrogens is 380 g/mol. The fourth-order valence-corrected chi connectivity index (χ4v) is 3.43. The van der Waals surface area contributed by atoms with Crippen LogP contribution in [0.1, 0.15) is 0 Å². The highest BCUT2D eigenvalue weighted by atomic mass is 16.3. The lowest BCUT2D eigenvalue weighted by Crippen LogP contribution is -2.01. The third kappa shape index (κ3) is 2.23. The lowest BCUT2D eigenvalue weighted by molar-refractivity contribution is 0.558. The van der Waals surface area contributed by atoms with Crippen molar-refractivity contribution in [2.24, 2.45) is 0 Å². The third-order valence-electron chi connectivity index (χ3n) is 4.68. The van der Waals surface area contributed by atoms with E-state index in [1.54, 1.807) is 12.1 Å². The maximum Gasteiger partial charge on any atom is 0.582 e. The quantitative estimate of drug-likeness (QED) is 0.297. The van der Waals surface area contributed by atoms with Gasteiger partial charge in [-0.2, -0.15) is 0 Å². The van der Waals surface area contributed by atoms with Gasteiger partial charge in [-0.05, 0) is 22.9 Å². The fraction of sp³-hybridized carbons (Fsp3) is 0. The van der Waals surface area contributed by atoms with E-state index in [1.807, 2.05) is 24.3 Å². The first-order chi connectivity index (χ1) is 14.7. The highest BCUT2D eigenvalue weighted by Crippen LogP contribution is 2.34.